The molecule has 1 saturated heterocycles. The second-order valence-corrected chi connectivity index (χ2v) is 2.86. The van der Waals surface area contributed by atoms with E-state index in [2.05, 4.69) is 18.7 Å². The fraction of sp³-hybridized carbons (Fsp3) is 1.00. The summed E-state index contributed by atoms with van der Waals surface area (Å²) in [6.45, 7) is 12.5. The SMILES string of the molecule is CC.CCCN1CC(C)C1. The van der Waals surface area contributed by atoms with Gasteiger partial charge in [-0.1, -0.05) is 27.7 Å². The fourth-order valence-electron chi connectivity index (χ4n) is 1.33. The van der Waals surface area contributed by atoms with Crippen LogP contribution in [0.4, 0.5) is 0 Å². The molecule has 0 aliphatic carbocycles. The lowest BCUT2D eigenvalue weighted by molar-refractivity contribution is 0.113. The van der Waals surface area contributed by atoms with Crippen molar-refractivity contribution in [1.29, 1.82) is 0 Å². The first-order valence-electron chi connectivity index (χ1n) is 4.55. The first-order valence-corrected chi connectivity index (χ1v) is 4.55. The summed E-state index contributed by atoms with van der Waals surface area (Å²) in [5, 5.41) is 0. The van der Waals surface area contributed by atoms with Crippen molar-refractivity contribution in [3.05, 3.63) is 0 Å². The van der Waals surface area contributed by atoms with Crippen LogP contribution in [0.25, 0.3) is 0 Å². The third-order valence-corrected chi connectivity index (χ3v) is 1.68. The average Bonchev–Trinajstić information content (AvgIpc) is 1.90. The van der Waals surface area contributed by atoms with Crippen LogP contribution >= 0.6 is 0 Å². The van der Waals surface area contributed by atoms with Gasteiger partial charge < -0.3 is 4.90 Å². The lowest BCUT2D eigenvalue weighted by atomic mass is 10.0. The standard InChI is InChI=1S/C7H15N.C2H6/c1-3-4-8-5-7(2)6-8;1-2/h7H,3-6H2,1-2H3;1-2H3. The molecule has 0 spiro atoms. The minimum atomic E-state index is 0.974. The molecule has 0 bridgehead atoms. The van der Waals surface area contributed by atoms with Gasteiger partial charge >= 0.3 is 0 Å². The second kappa shape index (κ2) is 5.72. The molecule has 1 rings (SSSR count). The first kappa shape index (κ1) is 9.96. The van der Waals surface area contributed by atoms with Crippen molar-refractivity contribution in [2.75, 3.05) is 19.6 Å². The van der Waals surface area contributed by atoms with Crippen molar-refractivity contribution in [2.24, 2.45) is 5.92 Å². The molecule has 10 heavy (non-hydrogen) atoms. The smallest absolute Gasteiger partial charge is 0.00194 e. The summed E-state index contributed by atoms with van der Waals surface area (Å²) < 4.78 is 0. The maximum atomic E-state index is 2.50. The van der Waals surface area contributed by atoms with Crippen molar-refractivity contribution in [3.63, 3.8) is 0 Å². The van der Waals surface area contributed by atoms with Gasteiger partial charge in [-0.25, -0.2) is 0 Å². The lowest BCUT2D eigenvalue weighted by Crippen LogP contribution is -2.45. The highest BCUT2D eigenvalue weighted by atomic mass is 15.2. The van der Waals surface area contributed by atoms with Crippen molar-refractivity contribution in [1.82, 2.24) is 4.90 Å². The Bertz CT molecular complexity index is 62.4. The molecule has 0 amide bonds. The summed E-state index contributed by atoms with van der Waals surface area (Å²) >= 11 is 0. The molecule has 1 aliphatic rings. The van der Waals surface area contributed by atoms with Gasteiger partial charge in [0, 0.05) is 13.1 Å². The predicted octanol–water partition coefficient (Wildman–Crippen LogP) is 2.37. The third kappa shape index (κ3) is 3.21. The highest BCUT2D eigenvalue weighted by molar-refractivity contribution is 4.74. The van der Waals surface area contributed by atoms with E-state index in [1.165, 1.54) is 26.1 Å². The highest BCUT2D eigenvalue weighted by Gasteiger charge is 2.20. The van der Waals surface area contributed by atoms with Crippen LogP contribution in [0, 0.1) is 5.92 Å². The van der Waals surface area contributed by atoms with Crippen LogP contribution in [0.2, 0.25) is 0 Å². The quantitative estimate of drug-likeness (QED) is 0.573. The molecule has 62 valence electrons. The number of likely N-dealkylation sites (tertiary alicyclic amines) is 1. The zero-order valence-corrected chi connectivity index (χ0v) is 7.85. The summed E-state index contributed by atoms with van der Waals surface area (Å²) in [5.41, 5.74) is 0. The largest absolute Gasteiger partial charge is 0.303 e. The van der Waals surface area contributed by atoms with Gasteiger partial charge in [-0.3, -0.25) is 0 Å². The molecular formula is C9H21N. The summed E-state index contributed by atoms with van der Waals surface area (Å²) in [6.07, 6.45) is 1.31. The van der Waals surface area contributed by atoms with Crippen molar-refractivity contribution < 1.29 is 0 Å². The Kier molecular flexibility index (Phi) is 5.70. The third-order valence-electron chi connectivity index (χ3n) is 1.68. The van der Waals surface area contributed by atoms with Gasteiger partial charge in [-0.05, 0) is 18.9 Å². The minimum absolute atomic E-state index is 0.974. The van der Waals surface area contributed by atoms with Crippen LogP contribution in [-0.4, -0.2) is 24.5 Å². The molecule has 1 nitrogen and oxygen atoms in total. The van der Waals surface area contributed by atoms with Crippen LogP contribution in [-0.2, 0) is 0 Å². The summed E-state index contributed by atoms with van der Waals surface area (Å²) in [6, 6.07) is 0. The zero-order chi connectivity index (χ0) is 7.98. The molecule has 0 aromatic carbocycles. The Morgan fingerprint density at radius 2 is 1.80 bits per heavy atom. The van der Waals surface area contributed by atoms with Crippen LogP contribution in [0.1, 0.15) is 34.1 Å². The van der Waals surface area contributed by atoms with Gasteiger partial charge in [-0.15, -0.1) is 0 Å². The highest BCUT2D eigenvalue weighted by Crippen LogP contribution is 2.13. The molecule has 0 radical (unpaired) electrons. The number of hydrogen-bond acceptors (Lipinski definition) is 1. The van der Waals surface area contributed by atoms with E-state index in [1.807, 2.05) is 13.8 Å². The first-order chi connectivity index (χ1) is 4.83. The topological polar surface area (TPSA) is 3.24 Å². The minimum Gasteiger partial charge on any atom is -0.303 e. The molecule has 1 aliphatic heterocycles. The van der Waals surface area contributed by atoms with E-state index in [1.54, 1.807) is 0 Å². The van der Waals surface area contributed by atoms with E-state index in [9.17, 15) is 0 Å². The Hall–Kier alpha value is -0.0400. The lowest BCUT2D eigenvalue weighted by Gasteiger charge is -2.36. The Morgan fingerprint density at radius 3 is 2.10 bits per heavy atom. The molecule has 0 atom stereocenters. The molecular weight excluding hydrogens is 122 g/mol. The average molecular weight is 143 g/mol. The van der Waals surface area contributed by atoms with Crippen LogP contribution in [0.15, 0.2) is 0 Å². The summed E-state index contributed by atoms with van der Waals surface area (Å²) in [5.74, 6) is 0.974. The van der Waals surface area contributed by atoms with Crippen molar-refractivity contribution in [2.45, 2.75) is 34.1 Å². The van der Waals surface area contributed by atoms with Gasteiger partial charge in [0.2, 0.25) is 0 Å². The maximum absolute atomic E-state index is 2.50. The molecule has 0 aromatic heterocycles. The van der Waals surface area contributed by atoms with E-state index in [4.69, 9.17) is 0 Å². The van der Waals surface area contributed by atoms with Crippen molar-refractivity contribution in [3.8, 4) is 0 Å². The Labute approximate surface area is 65.4 Å². The monoisotopic (exact) mass is 143 g/mol. The van der Waals surface area contributed by atoms with Gasteiger partial charge in [-0.2, -0.15) is 0 Å². The van der Waals surface area contributed by atoms with E-state index in [0.717, 1.165) is 5.92 Å². The maximum Gasteiger partial charge on any atom is 0.00194 e. The summed E-state index contributed by atoms with van der Waals surface area (Å²) in [7, 11) is 0. The molecule has 0 saturated carbocycles. The van der Waals surface area contributed by atoms with Gasteiger partial charge in [0.25, 0.3) is 0 Å². The van der Waals surface area contributed by atoms with E-state index in [0.29, 0.717) is 0 Å². The number of nitrogens with zero attached hydrogens (tertiary/aromatic N) is 1. The van der Waals surface area contributed by atoms with Crippen LogP contribution < -0.4 is 0 Å². The van der Waals surface area contributed by atoms with Gasteiger partial charge in [0.15, 0.2) is 0 Å². The van der Waals surface area contributed by atoms with Gasteiger partial charge in [0.05, 0.1) is 0 Å². The summed E-state index contributed by atoms with van der Waals surface area (Å²) in [4.78, 5) is 2.50. The Balaban J connectivity index is 0.000000371. The molecule has 1 heterocycles. The Morgan fingerprint density at radius 1 is 1.30 bits per heavy atom. The zero-order valence-electron chi connectivity index (χ0n) is 7.85. The fourth-order valence-corrected chi connectivity index (χ4v) is 1.33. The molecule has 1 fully saturated rings. The molecule has 0 unspecified atom stereocenters. The van der Waals surface area contributed by atoms with E-state index < -0.39 is 0 Å². The van der Waals surface area contributed by atoms with Gasteiger partial charge in [0.1, 0.15) is 0 Å². The van der Waals surface area contributed by atoms with E-state index >= 15 is 0 Å². The van der Waals surface area contributed by atoms with Crippen LogP contribution in [0.3, 0.4) is 0 Å². The normalized spacial score (nSPS) is 19.2. The molecule has 1 heteroatoms. The number of hydrogen-bond donors (Lipinski definition) is 0. The van der Waals surface area contributed by atoms with Crippen molar-refractivity contribution >= 4 is 0 Å². The van der Waals surface area contributed by atoms with E-state index in [-0.39, 0.29) is 0 Å². The molecule has 0 aromatic rings. The second-order valence-electron chi connectivity index (χ2n) is 2.86. The number of rotatable bonds is 2. The predicted molar refractivity (Wildman–Crippen MR) is 47.2 cm³/mol. The van der Waals surface area contributed by atoms with Crippen LogP contribution in [0.5, 0.6) is 0 Å². The molecule has 0 N–H and O–H groups in total.